The minimum atomic E-state index is -0.0855. The Morgan fingerprint density at radius 1 is 1.33 bits per heavy atom. The summed E-state index contributed by atoms with van der Waals surface area (Å²) < 4.78 is 7.83. The number of carbonyl (C=O) groups excluding carboxylic acids is 1. The minimum Gasteiger partial charge on any atom is -0.440 e. The van der Waals surface area contributed by atoms with Gasteiger partial charge in [-0.2, -0.15) is 5.10 Å². The number of anilines is 1. The van der Waals surface area contributed by atoms with Crippen molar-refractivity contribution in [2.75, 3.05) is 18.4 Å². The molecule has 7 nitrogen and oxygen atoms in total. The number of carbonyl (C=O) groups is 1. The van der Waals surface area contributed by atoms with Crippen molar-refractivity contribution in [3.8, 4) is 0 Å². The lowest BCUT2D eigenvalue weighted by Crippen LogP contribution is -2.41. The maximum atomic E-state index is 12.8. The Bertz CT molecular complexity index is 941. The smallest absolute Gasteiger partial charge is 0.321 e. The monoisotopic (exact) mass is 367 g/mol. The number of nitrogens with one attached hydrogen (secondary N) is 1. The Labute approximate surface area is 158 Å². The topological polar surface area (TPSA) is 76.2 Å². The van der Waals surface area contributed by atoms with Crippen molar-refractivity contribution in [2.45, 2.75) is 46.1 Å². The molecule has 27 heavy (non-hydrogen) atoms. The molecule has 3 aromatic rings. The van der Waals surface area contributed by atoms with Crippen LogP contribution < -0.4 is 5.32 Å². The van der Waals surface area contributed by atoms with Gasteiger partial charge in [0.1, 0.15) is 5.52 Å². The number of benzene rings is 1. The molecule has 7 heteroatoms. The van der Waals surface area contributed by atoms with Gasteiger partial charge in [-0.1, -0.05) is 12.1 Å². The maximum absolute atomic E-state index is 12.8. The number of amides is 2. The molecule has 142 valence electrons. The van der Waals surface area contributed by atoms with Crippen molar-refractivity contribution in [2.24, 2.45) is 0 Å². The molecule has 2 aromatic heterocycles. The number of aromatic nitrogens is 3. The lowest BCUT2D eigenvalue weighted by Gasteiger charge is -2.31. The van der Waals surface area contributed by atoms with Gasteiger partial charge in [-0.3, -0.25) is 4.68 Å². The molecule has 3 heterocycles. The number of para-hydroxylation sites is 2. The molecule has 4 rings (SSSR count). The third-order valence-electron chi connectivity index (χ3n) is 5.28. The number of hydrogen-bond donors (Lipinski definition) is 1. The second-order valence-corrected chi connectivity index (χ2v) is 7.10. The van der Waals surface area contributed by atoms with Gasteiger partial charge in [0, 0.05) is 19.6 Å². The number of aryl methyl sites for hydroxylation is 2. The molecule has 1 aromatic carbocycles. The van der Waals surface area contributed by atoms with E-state index >= 15 is 0 Å². The van der Waals surface area contributed by atoms with Crippen LogP contribution in [-0.2, 0) is 6.54 Å². The van der Waals surface area contributed by atoms with Gasteiger partial charge in [0.05, 0.1) is 23.0 Å². The van der Waals surface area contributed by atoms with Crippen molar-refractivity contribution in [3.05, 3.63) is 41.5 Å². The Balaban J connectivity index is 1.49. The van der Waals surface area contributed by atoms with E-state index in [4.69, 9.17) is 4.42 Å². The largest absolute Gasteiger partial charge is 0.440 e. The minimum absolute atomic E-state index is 0.0855. The van der Waals surface area contributed by atoms with E-state index in [1.54, 1.807) is 0 Å². The zero-order chi connectivity index (χ0) is 19.0. The molecule has 0 bridgehead atoms. The van der Waals surface area contributed by atoms with Gasteiger partial charge in [0.2, 0.25) is 0 Å². The molecule has 0 aliphatic carbocycles. The standard InChI is InChI=1S/C20H25N5O2/c1-4-25-14(3)18(13(2)23-25)22-20(26)24-11-7-8-15(12-24)19-21-16-9-5-6-10-17(16)27-19/h5-6,9-10,15H,4,7-8,11-12H2,1-3H3,(H,22,26)/t15-/m0/s1. The molecule has 1 aliphatic heterocycles. The lowest BCUT2D eigenvalue weighted by molar-refractivity contribution is 0.187. The van der Waals surface area contributed by atoms with Crippen LogP contribution in [0.4, 0.5) is 10.5 Å². The van der Waals surface area contributed by atoms with Crippen LogP contribution in [0.25, 0.3) is 11.1 Å². The summed E-state index contributed by atoms with van der Waals surface area (Å²) in [6, 6.07) is 7.69. The van der Waals surface area contributed by atoms with Crippen molar-refractivity contribution < 1.29 is 9.21 Å². The van der Waals surface area contributed by atoms with Gasteiger partial charge in [-0.25, -0.2) is 9.78 Å². The van der Waals surface area contributed by atoms with Crippen molar-refractivity contribution in [1.29, 1.82) is 0 Å². The van der Waals surface area contributed by atoms with Crippen LogP contribution in [-0.4, -0.2) is 38.8 Å². The highest BCUT2D eigenvalue weighted by Crippen LogP contribution is 2.29. The summed E-state index contributed by atoms with van der Waals surface area (Å²) in [4.78, 5) is 19.3. The fraction of sp³-hybridized carbons (Fsp3) is 0.450. The van der Waals surface area contributed by atoms with Crippen LogP contribution >= 0.6 is 0 Å². The second-order valence-electron chi connectivity index (χ2n) is 7.10. The van der Waals surface area contributed by atoms with Crippen molar-refractivity contribution in [1.82, 2.24) is 19.7 Å². The van der Waals surface area contributed by atoms with E-state index in [0.717, 1.165) is 60.0 Å². The summed E-state index contributed by atoms with van der Waals surface area (Å²) in [7, 11) is 0. The highest BCUT2D eigenvalue weighted by molar-refractivity contribution is 5.90. The zero-order valence-electron chi connectivity index (χ0n) is 16.0. The van der Waals surface area contributed by atoms with Crippen LogP contribution in [0, 0.1) is 13.8 Å². The van der Waals surface area contributed by atoms with E-state index in [0.29, 0.717) is 6.54 Å². The maximum Gasteiger partial charge on any atom is 0.321 e. The summed E-state index contributed by atoms with van der Waals surface area (Å²) in [6.07, 6.45) is 1.91. The molecule has 1 N–H and O–H groups in total. The van der Waals surface area contributed by atoms with Gasteiger partial charge >= 0.3 is 6.03 Å². The first-order valence-corrected chi connectivity index (χ1v) is 9.52. The highest BCUT2D eigenvalue weighted by Gasteiger charge is 2.29. The molecule has 0 saturated carbocycles. The first kappa shape index (κ1) is 17.6. The molecular weight excluding hydrogens is 342 g/mol. The van der Waals surface area contributed by atoms with Gasteiger partial charge in [-0.15, -0.1) is 0 Å². The quantitative estimate of drug-likeness (QED) is 0.757. The fourth-order valence-corrected chi connectivity index (χ4v) is 3.80. The lowest BCUT2D eigenvalue weighted by atomic mass is 9.98. The van der Waals surface area contributed by atoms with Gasteiger partial charge < -0.3 is 14.6 Å². The predicted molar refractivity (Wildman–Crippen MR) is 104 cm³/mol. The Hall–Kier alpha value is -2.83. The SMILES string of the molecule is CCn1nc(C)c(NC(=O)N2CCC[C@H](c3nc4ccccc4o3)C2)c1C. The summed E-state index contributed by atoms with van der Waals surface area (Å²) in [6.45, 7) is 8.08. The van der Waals surface area contributed by atoms with Crippen LogP contribution in [0.3, 0.4) is 0 Å². The van der Waals surface area contributed by atoms with E-state index < -0.39 is 0 Å². The number of piperidine rings is 1. The van der Waals surface area contributed by atoms with Crippen LogP contribution in [0.1, 0.15) is 43.0 Å². The van der Waals surface area contributed by atoms with Crippen molar-refractivity contribution in [3.63, 3.8) is 0 Å². The highest BCUT2D eigenvalue weighted by atomic mass is 16.3. The van der Waals surface area contributed by atoms with E-state index in [1.165, 1.54) is 0 Å². The third kappa shape index (κ3) is 3.29. The molecule has 1 aliphatic rings. The number of oxazole rings is 1. The van der Waals surface area contributed by atoms with E-state index in [1.807, 2.05) is 54.6 Å². The normalized spacial score (nSPS) is 17.4. The molecule has 1 atom stereocenters. The average molecular weight is 367 g/mol. The predicted octanol–water partition coefficient (Wildman–Crippen LogP) is 4.07. The van der Waals surface area contributed by atoms with Crippen LogP contribution in [0.5, 0.6) is 0 Å². The summed E-state index contributed by atoms with van der Waals surface area (Å²) in [5.41, 5.74) is 4.30. The number of hydrogen-bond acceptors (Lipinski definition) is 4. The summed E-state index contributed by atoms with van der Waals surface area (Å²) in [5, 5.41) is 7.53. The van der Waals surface area contributed by atoms with Gasteiger partial charge in [0.25, 0.3) is 0 Å². The Kier molecular flexibility index (Phi) is 4.59. The number of fused-ring (bicyclic) bond motifs is 1. The summed E-state index contributed by atoms with van der Waals surface area (Å²) in [5.74, 6) is 0.845. The van der Waals surface area contributed by atoms with Gasteiger partial charge in [-0.05, 0) is 45.7 Å². The molecule has 2 amide bonds. The van der Waals surface area contributed by atoms with Crippen molar-refractivity contribution >= 4 is 22.8 Å². The molecule has 0 radical (unpaired) electrons. The van der Waals surface area contributed by atoms with Crippen LogP contribution in [0.2, 0.25) is 0 Å². The number of rotatable bonds is 3. The molecule has 0 spiro atoms. The number of likely N-dealkylation sites (tertiary alicyclic amines) is 1. The number of nitrogens with zero attached hydrogens (tertiary/aromatic N) is 4. The average Bonchev–Trinajstić information content (AvgIpc) is 3.24. The Morgan fingerprint density at radius 2 is 2.15 bits per heavy atom. The first-order chi connectivity index (χ1) is 13.1. The molecular formula is C20H25N5O2. The van der Waals surface area contributed by atoms with Crippen LogP contribution in [0.15, 0.2) is 28.7 Å². The molecule has 1 saturated heterocycles. The fourth-order valence-electron chi connectivity index (χ4n) is 3.80. The van der Waals surface area contributed by atoms with E-state index in [9.17, 15) is 4.79 Å². The number of urea groups is 1. The molecule has 1 fully saturated rings. The Morgan fingerprint density at radius 3 is 2.89 bits per heavy atom. The molecule has 0 unspecified atom stereocenters. The zero-order valence-corrected chi connectivity index (χ0v) is 16.0. The summed E-state index contributed by atoms with van der Waals surface area (Å²) >= 11 is 0. The van der Waals surface area contributed by atoms with E-state index in [2.05, 4.69) is 15.4 Å². The third-order valence-corrected chi connectivity index (χ3v) is 5.28. The second kappa shape index (κ2) is 7.06. The van der Waals surface area contributed by atoms with E-state index in [-0.39, 0.29) is 11.9 Å². The first-order valence-electron chi connectivity index (χ1n) is 9.52. The van der Waals surface area contributed by atoms with Gasteiger partial charge in [0.15, 0.2) is 11.5 Å².